The van der Waals surface area contributed by atoms with Crippen LogP contribution < -0.4 is 14.4 Å². The minimum atomic E-state index is 0.0174. The third-order valence-corrected chi connectivity index (χ3v) is 5.36. The van der Waals surface area contributed by atoms with Crippen molar-refractivity contribution in [2.45, 2.75) is 51.5 Å². The highest BCUT2D eigenvalue weighted by atomic mass is 16.7. The lowest BCUT2D eigenvalue weighted by Gasteiger charge is -2.33. The average Bonchev–Trinajstić information content (AvgIpc) is 3.17. The zero-order valence-electron chi connectivity index (χ0n) is 16.3. The van der Waals surface area contributed by atoms with Crippen molar-refractivity contribution in [3.63, 3.8) is 0 Å². The van der Waals surface area contributed by atoms with Crippen molar-refractivity contribution < 1.29 is 14.3 Å². The van der Waals surface area contributed by atoms with Gasteiger partial charge in [-0.05, 0) is 56.0 Å². The van der Waals surface area contributed by atoms with Gasteiger partial charge in [0, 0.05) is 18.3 Å². The molecule has 0 radical (unpaired) electrons. The van der Waals surface area contributed by atoms with E-state index in [1.165, 1.54) is 19.3 Å². The van der Waals surface area contributed by atoms with Gasteiger partial charge in [0.1, 0.15) is 5.82 Å². The maximum atomic E-state index is 13.2. The molecule has 1 aromatic carbocycles. The second kappa shape index (κ2) is 8.46. The molecular formula is C23H26N2O3. The molecule has 1 saturated carbocycles. The van der Waals surface area contributed by atoms with Crippen LogP contribution in [0.1, 0.15) is 44.6 Å². The molecule has 0 spiro atoms. The third kappa shape index (κ3) is 4.19. The number of anilines is 1. The first-order chi connectivity index (χ1) is 13.7. The molecule has 0 atom stereocenters. The molecule has 0 saturated heterocycles. The van der Waals surface area contributed by atoms with Gasteiger partial charge in [0.15, 0.2) is 11.5 Å². The first-order valence-electron chi connectivity index (χ1n) is 10.0. The smallest absolute Gasteiger partial charge is 0.252 e. The molecule has 1 fully saturated rings. The van der Waals surface area contributed by atoms with Crippen LogP contribution in [0.3, 0.4) is 0 Å². The van der Waals surface area contributed by atoms with Crippen molar-refractivity contribution >= 4 is 11.7 Å². The molecule has 0 unspecified atom stereocenters. The lowest BCUT2D eigenvalue weighted by molar-refractivity contribution is -0.114. The quantitative estimate of drug-likeness (QED) is 0.710. The highest BCUT2D eigenvalue weighted by Gasteiger charge is 2.26. The maximum Gasteiger partial charge on any atom is 0.252 e. The Balaban J connectivity index is 1.52. The van der Waals surface area contributed by atoms with Gasteiger partial charge in [-0.25, -0.2) is 4.98 Å². The summed E-state index contributed by atoms with van der Waals surface area (Å²) in [5, 5.41) is 0. The Morgan fingerprint density at radius 1 is 1.14 bits per heavy atom. The minimum Gasteiger partial charge on any atom is -0.454 e. The van der Waals surface area contributed by atoms with Crippen LogP contribution in [-0.2, 0) is 11.2 Å². The number of nitrogens with zero attached hydrogens (tertiary/aromatic N) is 2. The lowest BCUT2D eigenvalue weighted by Crippen LogP contribution is -2.41. The predicted molar refractivity (Wildman–Crippen MR) is 109 cm³/mol. The zero-order chi connectivity index (χ0) is 19.3. The normalized spacial score (nSPS) is 16.8. The molecule has 1 aliphatic heterocycles. The van der Waals surface area contributed by atoms with E-state index in [2.05, 4.69) is 4.98 Å². The predicted octanol–water partition coefficient (Wildman–Crippen LogP) is 4.67. The number of amides is 1. The van der Waals surface area contributed by atoms with Gasteiger partial charge in [-0.2, -0.15) is 0 Å². The van der Waals surface area contributed by atoms with E-state index < -0.39 is 0 Å². The Hall–Kier alpha value is -2.82. The molecule has 2 aliphatic rings. The number of allylic oxidation sites excluding steroid dienone is 1. The van der Waals surface area contributed by atoms with Crippen LogP contribution in [0.15, 0.2) is 54.2 Å². The fourth-order valence-corrected chi connectivity index (χ4v) is 4.02. The van der Waals surface area contributed by atoms with E-state index in [9.17, 15) is 4.79 Å². The topological polar surface area (TPSA) is 51.7 Å². The summed E-state index contributed by atoms with van der Waals surface area (Å²) in [6.45, 7) is 2.27. The minimum absolute atomic E-state index is 0.0174. The molecule has 0 N–H and O–H groups in total. The van der Waals surface area contributed by atoms with E-state index in [1.54, 1.807) is 12.3 Å². The summed E-state index contributed by atoms with van der Waals surface area (Å²) in [6, 6.07) is 11.9. The highest BCUT2D eigenvalue weighted by Crippen LogP contribution is 2.33. The molecule has 0 bridgehead atoms. The molecule has 5 nitrogen and oxygen atoms in total. The maximum absolute atomic E-state index is 13.2. The Kier molecular flexibility index (Phi) is 5.60. The van der Waals surface area contributed by atoms with Crippen LogP contribution in [0.2, 0.25) is 0 Å². The van der Waals surface area contributed by atoms with Crippen LogP contribution >= 0.6 is 0 Å². The monoisotopic (exact) mass is 378 g/mol. The Morgan fingerprint density at radius 3 is 2.75 bits per heavy atom. The third-order valence-electron chi connectivity index (χ3n) is 5.36. The molecule has 1 aliphatic carbocycles. The molecule has 1 amide bonds. The summed E-state index contributed by atoms with van der Waals surface area (Å²) >= 11 is 0. The molecule has 2 heterocycles. The molecule has 1 aromatic heterocycles. The highest BCUT2D eigenvalue weighted by molar-refractivity contribution is 6.01. The van der Waals surface area contributed by atoms with Gasteiger partial charge in [-0.3, -0.25) is 9.69 Å². The molecular weight excluding hydrogens is 352 g/mol. The van der Waals surface area contributed by atoms with E-state index in [4.69, 9.17) is 9.47 Å². The molecule has 5 heteroatoms. The number of hydrogen-bond acceptors (Lipinski definition) is 4. The largest absolute Gasteiger partial charge is 0.454 e. The number of benzene rings is 1. The van der Waals surface area contributed by atoms with Gasteiger partial charge in [-0.1, -0.05) is 37.0 Å². The van der Waals surface area contributed by atoms with E-state index in [0.717, 1.165) is 41.3 Å². The summed E-state index contributed by atoms with van der Waals surface area (Å²) in [4.78, 5) is 19.5. The van der Waals surface area contributed by atoms with Crippen LogP contribution in [0.25, 0.3) is 0 Å². The number of ether oxygens (including phenoxy) is 2. The number of carbonyl (C=O) groups excluding carboxylic acids is 1. The van der Waals surface area contributed by atoms with Gasteiger partial charge in [0.05, 0.1) is 0 Å². The summed E-state index contributed by atoms with van der Waals surface area (Å²) in [5.41, 5.74) is 2.12. The van der Waals surface area contributed by atoms with E-state index in [1.807, 2.05) is 48.2 Å². The Bertz CT molecular complexity index is 857. The lowest BCUT2D eigenvalue weighted by atomic mass is 9.94. The standard InChI is InChI=1S/C23H26N2O3/c1-17(13-18-10-11-20-21(15-18)28-16-27-20)14-23(26)25(19-7-3-2-4-8-19)22-9-5-6-12-24-22/h5-6,9-12,14-15,19H,2-4,7-8,13,16H2,1H3. The van der Waals surface area contributed by atoms with Crippen LogP contribution in [0.4, 0.5) is 5.82 Å². The van der Waals surface area contributed by atoms with Gasteiger partial charge in [-0.15, -0.1) is 0 Å². The van der Waals surface area contributed by atoms with E-state index >= 15 is 0 Å². The zero-order valence-corrected chi connectivity index (χ0v) is 16.3. The number of pyridine rings is 1. The summed E-state index contributed by atoms with van der Waals surface area (Å²) in [7, 11) is 0. The van der Waals surface area contributed by atoms with Crippen LogP contribution in [0.5, 0.6) is 11.5 Å². The van der Waals surface area contributed by atoms with Crippen LogP contribution in [-0.4, -0.2) is 23.7 Å². The molecule has 2 aromatic rings. The fourth-order valence-electron chi connectivity index (χ4n) is 4.02. The van der Waals surface area contributed by atoms with Crippen molar-refractivity contribution in [3.8, 4) is 11.5 Å². The first kappa shape index (κ1) is 18.5. The first-order valence-corrected chi connectivity index (χ1v) is 10.0. The van der Waals surface area contributed by atoms with Crippen LogP contribution in [0, 0.1) is 0 Å². The van der Waals surface area contributed by atoms with Crippen molar-refractivity contribution in [1.29, 1.82) is 0 Å². The van der Waals surface area contributed by atoms with Crippen molar-refractivity contribution in [2.75, 3.05) is 11.7 Å². The van der Waals surface area contributed by atoms with Crippen molar-refractivity contribution in [1.82, 2.24) is 4.98 Å². The van der Waals surface area contributed by atoms with Gasteiger partial charge >= 0.3 is 0 Å². The number of aromatic nitrogens is 1. The summed E-state index contributed by atoms with van der Waals surface area (Å²) in [6.07, 6.45) is 9.87. The molecule has 146 valence electrons. The number of carbonyl (C=O) groups is 1. The van der Waals surface area contributed by atoms with Crippen molar-refractivity contribution in [2.24, 2.45) is 0 Å². The molecule has 4 rings (SSSR count). The number of rotatable bonds is 5. The fraction of sp³-hybridized carbons (Fsp3) is 0.391. The Morgan fingerprint density at radius 2 is 1.96 bits per heavy atom. The second-order valence-corrected chi connectivity index (χ2v) is 7.54. The molecule has 28 heavy (non-hydrogen) atoms. The van der Waals surface area contributed by atoms with E-state index in [0.29, 0.717) is 6.42 Å². The SMILES string of the molecule is CC(=CC(=O)N(c1ccccn1)C1CCCCC1)Cc1ccc2c(c1)OCO2. The number of fused-ring (bicyclic) bond motifs is 1. The second-order valence-electron chi connectivity index (χ2n) is 7.54. The van der Waals surface area contributed by atoms with Crippen molar-refractivity contribution in [3.05, 3.63) is 59.8 Å². The van der Waals surface area contributed by atoms with Gasteiger partial charge in [0.2, 0.25) is 6.79 Å². The average molecular weight is 378 g/mol. The summed E-state index contributed by atoms with van der Waals surface area (Å²) < 4.78 is 10.8. The Labute approximate surface area is 166 Å². The summed E-state index contributed by atoms with van der Waals surface area (Å²) in [5.74, 6) is 2.31. The van der Waals surface area contributed by atoms with E-state index in [-0.39, 0.29) is 18.7 Å². The van der Waals surface area contributed by atoms with Gasteiger partial charge < -0.3 is 9.47 Å². The van der Waals surface area contributed by atoms with Gasteiger partial charge in [0.25, 0.3) is 5.91 Å². The number of hydrogen-bond donors (Lipinski definition) is 0.